The molecule has 0 unspecified atom stereocenters. The number of H-pyrrole nitrogens is 1. The molecule has 0 spiro atoms. The van der Waals surface area contributed by atoms with E-state index < -0.39 is 0 Å². The molecule has 3 heterocycles. The molecule has 0 atom stereocenters. The Hall–Kier alpha value is -3.70. The quantitative estimate of drug-likeness (QED) is 0.390. The summed E-state index contributed by atoms with van der Waals surface area (Å²) >= 11 is 0. The fourth-order valence-electron chi connectivity index (χ4n) is 4.53. The fraction of sp³-hybridized carbons (Fsp3) is 0.154. The number of hydrogen-bond acceptors (Lipinski definition) is 4. The number of nitrogens with zero attached hydrogens (tertiary/aromatic N) is 2. The smallest absolute Gasteiger partial charge is 0.143 e. The molecule has 5 aromatic rings. The van der Waals surface area contributed by atoms with E-state index in [1.165, 1.54) is 12.0 Å². The second-order valence-corrected chi connectivity index (χ2v) is 8.28. The van der Waals surface area contributed by atoms with Crippen LogP contribution in [0.3, 0.4) is 0 Å². The molecule has 1 aliphatic rings. The minimum absolute atomic E-state index is 0.174. The van der Waals surface area contributed by atoms with Crippen molar-refractivity contribution >= 4 is 11.0 Å². The third-order valence-corrected chi connectivity index (χ3v) is 6.40. The topological polar surface area (TPSA) is 80.7 Å². The Morgan fingerprint density at radius 3 is 2.39 bits per heavy atom. The van der Waals surface area contributed by atoms with Gasteiger partial charge in [0.25, 0.3) is 0 Å². The van der Waals surface area contributed by atoms with Gasteiger partial charge in [0.15, 0.2) is 0 Å². The van der Waals surface area contributed by atoms with E-state index >= 15 is 0 Å². The van der Waals surface area contributed by atoms with Crippen LogP contribution in [0.5, 0.6) is 0 Å². The third-order valence-electron chi connectivity index (χ3n) is 6.40. The number of furan rings is 1. The molecular formula is C26H22N4O. The molecule has 0 radical (unpaired) electrons. The Kier molecular flexibility index (Phi) is 4.04. The zero-order valence-corrected chi connectivity index (χ0v) is 17.0. The maximum absolute atomic E-state index is 6.53. The maximum Gasteiger partial charge on any atom is 0.143 e. The summed E-state index contributed by atoms with van der Waals surface area (Å²) in [5, 5.41) is 7.99. The van der Waals surface area contributed by atoms with Gasteiger partial charge in [-0.15, -0.1) is 0 Å². The lowest BCUT2D eigenvalue weighted by atomic mass is 9.72. The molecule has 1 fully saturated rings. The largest absolute Gasteiger partial charge is 0.455 e. The maximum atomic E-state index is 6.53. The zero-order chi connectivity index (χ0) is 20.8. The van der Waals surface area contributed by atoms with E-state index in [9.17, 15) is 0 Å². The second-order valence-electron chi connectivity index (χ2n) is 8.28. The van der Waals surface area contributed by atoms with E-state index in [2.05, 4.69) is 51.6 Å². The van der Waals surface area contributed by atoms with E-state index in [1.807, 2.05) is 30.5 Å². The van der Waals surface area contributed by atoms with Crippen molar-refractivity contribution in [2.24, 2.45) is 5.73 Å². The first-order chi connectivity index (χ1) is 15.2. The van der Waals surface area contributed by atoms with Crippen LogP contribution in [0, 0.1) is 0 Å². The molecule has 1 aliphatic carbocycles. The van der Waals surface area contributed by atoms with Gasteiger partial charge < -0.3 is 10.2 Å². The van der Waals surface area contributed by atoms with Gasteiger partial charge in [0.05, 0.1) is 17.3 Å². The summed E-state index contributed by atoms with van der Waals surface area (Å²) in [5.74, 6) is 0.838. The average molecular weight is 406 g/mol. The number of aromatic nitrogens is 3. The molecule has 0 aliphatic heterocycles. The van der Waals surface area contributed by atoms with Gasteiger partial charge in [-0.05, 0) is 36.5 Å². The number of nitrogens with one attached hydrogen (secondary N) is 1. The number of nitrogens with two attached hydrogens (primary N) is 1. The Morgan fingerprint density at radius 2 is 1.71 bits per heavy atom. The Bertz CT molecular complexity index is 1350. The molecule has 0 saturated heterocycles. The first-order valence-corrected chi connectivity index (χ1v) is 10.6. The van der Waals surface area contributed by atoms with E-state index in [0.717, 1.165) is 57.5 Å². The Balaban J connectivity index is 1.59. The molecular weight excluding hydrogens is 384 g/mol. The van der Waals surface area contributed by atoms with Gasteiger partial charge in [-0.25, -0.2) is 0 Å². The Morgan fingerprint density at radius 1 is 0.903 bits per heavy atom. The highest BCUT2D eigenvalue weighted by atomic mass is 16.3. The zero-order valence-electron chi connectivity index (χ0n) is 17.0. The highest BCUT2D eigenvalue weighted by Gasteiger charge is 2.34. The van der Waals surface area contributed by atoms with E-state index in [1.54, 1.807) is 12.4 Å². The molecule has 31 heavy (non-hydrogen) atoms. The number of pyridine rings is 1. The fourth-order valence-corrected chi connectivity index (χ4v) is 4.53. The molecule has 3 N–H and O–H groups in total. The van der Waals surface area contributed by atoms with Crippen LogP contribution in [0.15, 0.2) is 83.7 Å². The van der Waals surface area contributed by atoms with Gasteiger partial charge in [0, 0.05) is 34.6 Å². The van der Waals surface area contributed by atoms with Gasteiger partial charge in [0.1, 0.15) is 11.3 Å². The minimum Gasteiger partial charge on any atom is -0.455 e. The summed E-state index contributed by atoms with van der Waals surface area (Å²) in [6, 6.07) is 20.8. The van der Waals surface area contributed by atoms with Crippen LogP contribution in [0.2, 0.25) is 0 Å². The van der Waals surface area contributed by atoms with Crippen LogP contribution in [-0.2, 0) is 5.54 Å². The predicted octanol–water partition coefficient (Wildman–Crippen LogP) is 5.89. The van der Waals surface area contributed by atoms with Crippen LogP contribution in [-0.4, -0.2) is 15.2 Å². The van der Waals surface area contributed by atoms with Crippen molar-refractivity contribution in [1.29, 1.82) is 0 Å². The highest BCUT2D eigenvalue weighted by Crippen LogP contribution is 2.45. The summed E-state index contributed by atoms with van der Waals surface area (Å²) < 4.78 is 6.44. The van der Waals surface area contributed by atoms with Crippen molar-refractivity contribution in [3.8, 4) is 33.7 Å². The van der Waals surface area contributed by atoms with Crippen molar-refractivity contribution in [2.75, 3.05) is 0 Å². The SMILES string of the molecule is NC1(c2ccc(-c3oc4ccnc(-c5cn[nH]c5)c4c3-c3ccccc3)cc2)CCC1. The molecule has 1 saturated carbocycles. The lowest BCUT2D eigenvalue weighted by molar-refractivity contribution is 0.253. The minimum atomic E-state index is -0.174. The van der Waals surface area contributed by atoms with Crippen molar-refractivity contribution in [1.82, 2.24) is 15.2 Å². The number of fused-ring (bicyclic) bond motifs is 1. The summed E-state index contributed by atoms with van der Waals surface area (Å²) in [6.07, 6.45) is 8.72. The van der Waals surface area contributed by atoms with Crippen LogP contribution in [0.25, 0.3) is 44.7 Å². The molecule has 0 bridgehead atoms. The summed E-state index contributed by atoms with van der Waals surface area (Å²) in [4.78, 5) is 4.67. The molecule has 5 heteroatoms. The van der Waals surface area contributed by atoms with Crippen molar-refractivity contribution in [2.45, 2.75) is 24.8 Å². The van der Waals surface area contributed by atoms with E-state index in [0.29, 0.717) is 0 Å². The van der Waals surface area contributed by atoms with Gasteiger partial charge in [0.2, 0.25) is 0 Å². The van der Waals surface area contributed by atoms with Crippen molar-refractivity contribution < 1.29 is 4.42 Å². The molecule has 152 valence electrons. The number of rotatable bonds is 4. The highest BCUT2D eigenvalue weighted by molar-refractivity contribution is 6.08. The third kappa shape index (κ3) is 2.89. The van der Waals surface area contributed by atoms with Crippen molar-refractivity contribution in [3.05, 3.63) is 84.8 Å². The first-order valence-electron chi connectivity index (χ1n) is 10.6. The average Bonchev–Trinajstić information content (AvgIpc) is 3.46. The number of benzene rings is 2. The van der Waals surface area contributed by atoms with Gasteiger partial charge >= 0.3 is 0 Å². The number of hydrogen-bond donors (Lipinski definition) is 2. The van der Waals surface area contributed by atoms with E-state index in [-0.39, 0.29) is 5.54 Å². The normalized spacial score (nSPS) is 15.1. The summed E-state index contributed by atoms with van der Waals surface area (Å²) in [6.45, 7) is 0. The summed E-state index contributed by atoms with van der Waals surface area (Å²) in [7, 11) is 0. The second kappa shape index (κ2) is 6.93. The van der Waals surface area contributed by atoms with Crippen molar-refractivity contribution in [3.63, 3.8) is 0 Å². The standard InChI is InChI=1S/C26H22N4O/c27-26(12-4-13-26)20-9-7-18(8-10-20)25-22(17-5-2-1-3-6-17)23-21(31-25)11-14-28-24(23)19-15-29-30-16-19/h1-3,5-11,14-16H,4,12-13,27H2,(H,29,30). The van der Waals surface area contributed by atoms with Crippen LogP contribution in [0.4, 0.5) is 0 Å². The van der Waals surface area contributed by atoms with Crippen LogP contribution in [0.1, 0.15) is 24.8 Å². The molecule has 3 aromatic heterocycles. The van der Waals surface area contributed by atoms with Crippen LogP contribution >= 0.6 is 0 Å². The van der Waals surface area contributed by atoms with Crippen LogP contribution < -0.4 is 5.73 Å². The van der Waals surface area contributed by atoms with Gasteiger partial charge in [-0.1, -0.05) is 54.6 Å². The summed E-state index contributed by atoms with van der Waals surface area (Å²) in [5.41, 5.74) is 13.3. The Labute approximate surface area is 179 Å². The molecule has 0 amide bonds. The first kappa shape index (κ1) is 18.1. The lowest BCUT2D eigenvalue weighted by Crippen LogP contribution is -2.43. The van der Waals surface area contributed by atoms with E-state index in [4.69, 9.17) is 10.2 Å². The lowest BCUT2D eigenvalue weighted by Gasteiger charge is -2.38. The number of aromatic amines is 1. The molecule has 6 rings (SSSR count). The molecule has 5 nitrogen and oxygen atoms in total. The van der Waals surface area contributed by atoms with Gasteiger partial charge in [-0.3, -0.25) is 10.1 Å². The molecule has 2 aromatic carbocycles. The monoisotopic (exact) mass is 406 g/mol. The predicted molar refractivity (Wildman–Crippen MR) is 122 cm³/mol. The van der Waals surface area contributed by atoms with Gasteiger partial charge in [-0.2, -0.15) is 5.10 Å².